The van der Waals surface area contributed by atoms with Crippen LogP contribution in [0, 0.1) is 23.7 Å². The monoisotopic (exact) mass is 1530 g/mol. The first-order valence-electron chi connectivity index (χ1n) is 34.2. The third-order valence-corrected chi connectivity index (χ3v) is 21.2. The molecule has 36 heteroatoms. The number of anilines is 3. The highest BCUT2D eigenvalue weighted by Gasteiger charge is 2.51. The van der Waals surface area contributed by atoms with Gasteiger partial charge in [-0.05, 0) is 115 Å². The Kier molecular flexibility index (Phi) is 25.8. The topological polar surface area (TPSA) is 424 Å². The van der Waals surface area contributed by atoms with Crippen molar-refractivity contribution in [3.8, 4) is 17.7 Å². The van der Waals surface area contributed by atoms with Crippen molar-refractivity contribution in [2.75, 3.05) is 42.3 Å². The first-order chi connectivity index (χ1) is 50.8. The van der Waals surface area contributed by atoms with E-state index in [0.29, 0.717) is 54.2 Å². The van der Waals surface area contributed by atoms with E-state index in [-0.39, 0.29) is 99.3 Å². The molecule has 2 bridgehead atoms. The van der Waals surface area contributed by atoms with Crippen molar-refractivity contribution in [3.63, 3.8) is 0 Å². The second-order valence-corrected chi connectivity index (χ2v) is 31.7. The predicted molar refractivity (Wildman–Crippen MR) is 392 cm³/mol. The normalized spacial score (nSPS) is 22.6. The molecule has 1 aliphatic carbocycles. The number of nitrogens with one attached hydrogen (secondary N) is 6. The molecule has 4 aromatic carbocycles. The van der Waals surface area contributed by atoms with Gasteiger partial charge in [-0.15, -0.1) is 0 Å². The van der Waals surface area contributed by atoms with Gasteiger partial charge in [-0.2, -0.15) is 4.98 Å². The Hall–Kier alpha value is -9.49. The van der Waals surface area contributed by atoms with Crippen molar-refractivity contribution < 1.29 is 80.4 Å². The number of unbranched alkanes of at least 4 members (excludes halogenated alkanes) is 1. The van der Waals surface area contributed by atoms with Crippen molar-refractivity contribution in [3.05, 3.63) is 166 Å². The van der Waals surface area contributed by atoms with E-state index in [1.54, 1.807) is 67.3 Å². The Bertz CT molecular complexity index is 4610. The summed E-state index contributed by atoms with van der Waals surface area (Å²) >= 11 is 9.67. The van der Waals surface area contributed by atoms with E-state index >= 15 is 0 Å². The lowest BCUT2D eigenvalue weighted by atomic mass is 10.0. The molecule has 2 saturated heterocycles. The molecular formula is C70H80N14O18P2S2. The molecule has 1 saturated carbocycles. The van der Waals surface area contributed by atoms with Gasteiger partial charge < -0.3 is 74.6 Å². The number of urea groups is 1. The van der Waals surface area contributed by atoms with Gasteiger partial charge in [0, 0.05) is 74.0 Å². The Morgan fingerprint density at radius 3 is 2.40 bits per heavy atom. The SMILES string of the molecule is CC(C)[C@H](NC(=O)CCCCC(=O)N1Cc2ccccc2C#Cc2ccccc21)C(=O)N[C@@H](CCCNC(N)=O)C(=O)Nc1ccc(COC(=O)N(C)Cc2ccccc2C(=O)Nc2nc3c(ncn3[C@@H]3O[C@@H]4COP(O)(=S)O[C@H]5C[C@H](Oc6ccncn6)C[C@@H]5CCOP(=O)(S)O[C@@H]3[C@@H]4O)c(=O)[nH]2)cc1. The number of rotatable bonds is 24. The van der Waals surface area contributed by atoms with E-state index in [1.807, 2.05) is 48.5 Å². The van der Waals surface area contributed by atoms with Crippen LogP contribution in [0.1, 0.15) is 116 Å². The minimum Gasteiger partial charge on any atom is -0.474 e. The number of H-pyrrole nitrogens is 1. The number of para-hydroxylation sites is 1. The molecule has 8 amide bonds. The van der Waals surface area contributed by atoms with Crippen LogP contribution in [0.25, 0.3) is 11.2 Å². The zero-order valence-electron chi connectivity index (χ0n) is 57.8. The zero-order chi connectivity index (χ0) is 75.2. The van der Waals surface area contributed by atoms with Crippen molar-refractivity contribution in [1.82, 2.24) is 50.3 Å². The summed E-state index contributed by atoms with van der Waals surface area (Å²) in [5, 5.41) is 25.1. The number of aromatic amines is 1. The highest BCUT2D eigenvalue weighted by atomic mass is 32.7. The molecule has 3 aliphatic heterocycles. The number of aliphatic hydroxyl groups excluding tert-OH is 1. The Labute approximate surface area is 618 Å². The van der Waals surface area contributed by atoms with Crippen LogP contribution in [0.2, 0.25) is 0 Å². The summed E-state index contributed by atoms with van der Waals surface area (Å²) in [4.78, 5) is 141. The number of hydrogen-bond donors (Lipinski definition) is 10. The van der Waals surface area contributed by atoms with Gasteiger partial charge in [-0.1, -0.05) is 98.6 Å². The molecule has 2 unspecified atom stereocenters. The number of fused-ring (bicyclic) bond motifs is 6. The highest BCUT2D eigenvalue weighted by Crippen LogP contribution is 2.58. The fourth-order valence-electron chi connectivity index (χ4n) is 12.6. The van der Waals surface area contributed by atoms with Crippen LogP contribution in [0.3, 0.4) is 0 Å². The van der Waals surface area contributed by atoms with E-state index in [1.165, 1.54) is 35.1 Å². The number of imidazole rings is 1. The number of aliphatic hydroxyl groups is 1. The predicted octanol–water partition coefficient (Wildman–Crippen LogP) is 7.03. The van der Waals surface area contributed by atoms with Gasteiger partial charge in [0.15, 0.2) is 17.4 Å². The number of hydrogen-bond acceptors (Lipinski definition) is 22. The van der Waals surface area contributed by atoms with Crippen LogP contribution in [0.15, 0.2) is 127 Å². The molecule has 7 aromatic rings. The molecule has 106 heavy (non-hydrogen) atoms. The number of amides is 8. The highest BCUT2D eigenvalue weighted by molar-refractivity contribution is 8.44. The molecule has 11 atom stereocenters. The molecule has 0 spiro atoms. The van der Waals surface area contributed by atoms with E-state index in [0.717, 1.165) is 23.0 Å². The summed E-state index contributed by atoms with van der Waals surface area (Å²) in [5.41, 5.74) is 8.56. The Balaban J connectivity index is 0.666. The second kappa shape index (κ2) is 35.3. The largest absolute Gasteiger partial charge is 0.474 e. The minimum atomic E-state index is -4.32. The first-order valence-corrected chi connectivity index (χ1v) is 39.5. The number of carbonyl (C=O) groups excluding carboxylic acids is 7. The molecule has 11 rings (SSSR count). The Morgan fingerprint density at radius 1 is 0.877 bits per heavy atom. The number of nitrogens with two attached hydrogens (primary N) is 1. The summed E-state index contributed by atoms with van der Waals surface area (Å²) in [7, 11) is 1.46. The summed E-state index contributed by atoms with van der Waals surface area (Å²) in [5.74, 6) is 3.16. The van der Waals surface area contributed by atoms with E-state index in [4.69, 9.17) is 49.8 Å². The minimum absolute atomic E-state index is 0.0329. The van der Waals surface area contributed by atoms with E-state index in [9.17, 15) is 52.9 Å². The van der Waals surface area contributed by atoms with Crippen LogP contribution in [-0.4, -0.2) is 155 Å². The van der Waals surface area contributed by atoms with Gasteiger partial charge in [-0.3, -0.25) is 48.2 Å². The average molecular weight is 1530 g/mol. The summed E-state index contributed by atoms with van der Waals surface area (Å²) in [6, 6.07) is 26.5. The molecule has 32 nitrogen and oxygen atoms in total. The smallest absolute Gasteiger partial charge is 0.410 e. The van der Waals surface area contributed by atoms with Crippen molar-refractivity contribution >= 4 is 108 Å². The van der Waals surface area contributed by atoms with Crippen LogP contribution >= 0.6 is 25.8 Å². The van der Waals surface area contributed by atoms with Crippen molar-refractivity contribution in [1.29, 1.82) is 0 Å². The first kappa shape index (κ1) is 77.6. The molecule has 3 fully saturated rings. The maximum absolute atomic E-state index is 14.1. The number of nitrogens with zero attached hydrogens (tertiary/aromatic N) is 7. The van der Waals surface area contributed by atoms with Gasteiger partial charge in [-0.25, -0.2) is 29.1 Å². The zero-order valence-corrected chi connectivity index (χ0v) is 61.3. The molecule has 6 heterocycles. The van der Waals surface area contributed by atoms with Crippen LogP contribution in [0.4, 0.5) is 26.9 Å². The molecule has 3 aromatic heterocycles. The van der Waals surface area contributed by atoms with Gasteiger partial charge in [0.2, 0.25) is 35.5 Å². The maximum Gasteiger partial charge on any atom is 0.410 e. The number of benzene rings is 4. The van der Waals surface area contributed by atoms with Crippen LogP contribution in [-0.2, 0) is 82.8 Å². The fourth-order valence-corrected chi connectivity index (χ4v) is 15.6. The second-order valence-electron chi connectivity index (χ2n) is 26.0. The number of aromatic nitrogens is 6. The standard InChI is InChI=1S/C70H80N14O18P2S2/c1-41(2)58(78-55(85)20-10-11-21-57(86)83-36-46-15-5-4-13-43(46)24-25-44-14-7-9-19-52(44)83)65(90)77-51(18-12-30-73-68(71)92)64(89)76-48-26-22-42(23-27-48)37-96-70(93)82(3)35-47-16-6-8-17-50(47)63(88)80-69-79-62-59(66(91)81-69)75-40-84(62)67-61-60(87)54(100-67)38-98-104(95,106)101-53-34-49(99-56-28-31-72-39-74-56)33-45(53)29-32-97-103(94,105)102-61/h4-9,13-17,19,22-23,26-28,31,39-41,45,49,51,53-54,58,60-61,67,87H,10-12,18,20-21,29-30,32-38H2,1-3H3,(H,76,89)(H,77,90)(H,78,85)(H,94,105)(H,95,106)(H3,71,73,92)(H2,79,80,81,88,91)/t45-,49+,51-,53-,54+,58-,60+,61+,67+,103?,104?/m0/s1. The van der Waals surface area contributed by atoms with Crippen LogP contribution < -0.4 is 47.5 Å². The van der Waals surface area contributed by atoms with Gasteiger partial charge in [0.25, 0.3) is 11.5 Å². The number of primary amides is 1. The maximum atomic E-state index is 14.1. The fraction of sp³-hybridized carbons (Fsp3) is 0.400. The average Bonchev–Trinajstić information content (AvgIpc) is 1.58. The number of ether oxygens (including phenoxy) is 3. The van der Waals surface area contributed by atoms with E-state index in [2.05, 4.69) is 75.6 Å². The number of carbonyl (C=O) groups is 7. The van der Waals surface area contributed by atoms with Crippen molar-refractivity contribution in [2.24, 2.45) is 17.6 Å². The summed E-state index contributed by atoms with van der Waals surface area (Å²) in [6.07, 6.45) is -1.64. The lowest BCUT2D eigenvalue weighted by molar-refractivity contribution is -0.132. The lowest BCUT2D eigenvalue weighted by Crippen LogP contribution is -2.54. The molecule has 0 radical (unpaired) electrons. The quantitative estimate of drug-likeness (QED) is 0.0126. The Morgan fingerprint density at radius 2 is 1.62 bits per heavy atom. The summed E-state index contributed by atoms with van der Waals surface area (Å²) in [6.45, 7) is -5.48. The van der Waals surface area contributed by atoms with Crippen molar-refractivity contribution in [2.45, 2.75) is 140 Å². The van der Waals surface area contributed by atoms with Gasteiger partial charge in [0.05, 0.1) is 37.9 Å². The number of thiol groups is 1. The van der Waals surface area contributed by atoms with Gasteiger partial charge in [0.1, 0.15) is 49.4 Å². The molecule has 4 aliphatic rings. The van der Waals surface area contributed by atoms with Gasteiger partial charge >= 0.3 is 25.6 Å². The molecule has 560 valence electrons. The molecular weight excluding hydrogens is 1450 g/mol. The molecule has 10 N–H and O–H groups in total. The lowest BCUT2D eigenvalue weighted by Gasteiger charge is -2.27. The van der Waals surface area contributed by atoms with E-state index < -0.39 is 116 Å². The third kappa shape index (κ3) is 20.4. The van der Waals surface area contributed by atoms with Crippen LogP contribution in [0.5, 0.6) is 5.88 Å². The summed E-state index contributed by atoms with van der Waals surface area (Å²) < 4.78 is 56.5. The third-order valence-electron chi connectivity index (χ3n) is 18.0.